The SMILES string of the molecule is CCC(S)C#CCl. The molecule has 0 aromatic carbocycles. The van der Waals surface area contributed by atoms with Crippen molar-refractivity contribution >= 4 is 24.2 Å². The maximum absolute atomic E-state index is 5.07. The predicted octanol–water partition coefficient (Wildman–Crippen LogP) is 1.89. The van der Waals surface area contributed by atoms with E-state index in [1.54, 1.807) is 0 Å². The number of thiol groups is 1. The Morgan fingerprint density at radius 3 is 2.57 bits per heavy atom. The van der Waals surface area contributed by atoms with Gasteiger partial charge in [-0.2, -0.15) is 12.6 Å². The zero-order valence-corrected chi connectivity index (χ0v) is 5.76. The fourth-order valence-electron chi connectivity index (χ4n) is 0.165. The van der Waals surface area contributed by atoms with Gasteiger partial charge in [-0.3, -0.25) is 0 Å². The minimum absolute atomic E-state index is 0.150. The van der Waals surface area contributed by atoms with Crippen LogP contribution in [-0.2, 0) is 0 Å². The Kier molecular flexibility index (Phi) is 4.49. The standard InChI is InChI=1S/C5H7ClS/c1-2-5(7)3-4-6/h5,7H,2H2,1H3. The van der Waals surface area contributed by atoms with Crippen molar-refractivity contribution in [3.8, 4) is 11.3 Å². The van der Waals surface area contributed by atoms with Crippen LogP contribution < -0.4 is 0 Å². The molecule has 0 aliphatic heterocycles. The lowest BCUT2D eigenvalue weighted by Crippen LogP contribution is -1.87. The van der Waals surface area contributed by atoms with Gasteiger partial charge in [-0.15, -0.1) is 0 Å². The van der Waals surface area contributed by atoms with Gasteiger partial charge in [0.15, 0.2) is 0 Å². The quantitative estimate of drug-likeness (QED) is 0.411. The summed E-state index contributed by atoms with van der Waals surface area (Å²) in [5, 5.41) is 2.41. The molecule has 0 saturated heterocycles. The van der Waals surface area contributed by atoms with E-state index in [2.05, 4.69) is 23.9 Å². The summed E-state index contributed by atoms with van der Waals surface area (Å²) >= 11 is 9.12. The van der Waals surface area contributed by atoms with Crippen molar-refractivity contribution in [2.45, 2.75) is 18.6 Å². The molecule has 0 nitrogen and oxygen atoms in total. The second-order valence-corrected chi connectivity index (χ2v) is 1.98. The van der Waals surface area contributed by atoms with Crippen LogP contribution in [0.2, 0.25) is 0 Å². The third-order valence-electron chi connectivity index (χ3n) is 0.608. The zero-order chi connectivity index (χ0) is 5.70. The molecule has 0 aliphatic rings. The first kappa shape index (κ1) is 7.20. The Morgan fingerprint density at radius 1 is 1.86 bits per heavy atom. The molecule has 0 heterocycles. The van der Waals surface area contributed by atoms with Crippen LogP contribution in [0.3, 0.4) is 0 Å². The van der Waals surface area contributed by atoms with Crippen molar-refractivity contribution < 1.29 is 0 Å². The van der Waals surface area contributed by atoms with E-state index >= 15 is 0 Å². The van der Waals surface area contributed by atoms with E-state index in [-0.39, 0.29) is 5.25 Å². The molecule has 0 amide bonds. The average Bonchev–Trinajstić information content (AvgIpc) is 1.68. The molecule has 0 saturated carbocycles. The number of rotatable bonds is 1. The Hall–Kier alpha value is 0.200. The molecule has 1 atom stereocenters. The number of hydrogen-bond acceptors (Lipinski definition) is 1. The van der Waals surface area contributed by atoms with Crippen LogP contribution in [0.5, 0.6) is 0 Å². The highest BCUT2D eigenvalue weighted by molar-refractivity contribution is 7.81. The highest BCUT2D eigenvalue weighted by Gasteiger charge is 1.87. The van der Waals surface area contributed by atoms with Crippen LogP contribution in [0.1, 0.15) is 13.3 Å². The fraction of sp³-hybridized carbons (Fsp3) is 0.600. The second-order valence-electron chi connectivity index (χ2n) is 1.16. The van der Waals surface area contributed by atoms with Crippen molar-refractivity contribution in [1.29, 1.82) is 0 Å². The normalized spacial score (nSPS) is 11.9. The Balaban J connectivity index is 3.29. The summed E-state index contributed by atoms with van der Waals surface area (Å²) in [6.45, 7) is 2.01. The van der Waals surface area contributed by atoms with E-state index in [1.165, 1.54) is 0 Å². The van der Waals surface area contributed by atoms with Gasteiger partial charge >= 0.3 is 0 Å². The summed E-state index contributed by atoms with van der Waals surface area (Å²) in [6, 6.07) is 0. The summed E-state index contributed by atoms with van der Waals surface area (Å²) in [7, 11) is 0. The van der Waals surface area contributed by atoms with Gasteiger partial charge in [0.05, 0.1) is 5.25 Å². The fourth-order valence-corrected chi connectivity index (χ4v) is 0.437. The van der Waals surface area contributed by atoms with Crippen molar-refractivity contribution in [2.24, 2.45) is 0 Å². The van der Waals surface area contributed by atoms with E-state index in [1.807, 2.05) is 6.92 Å². The van der Waals surface area contributed by atoms with Gasteiger partial charge < -0.3 is 0 Å². The summed E-state index contributed by atoms with van der Waals surface area (Å²) in [5.41, 5.74) is 0. The van der Waals surface area contributed by atoms with Gasteiger partial charge in [0.25, 0.3) is 0 Å². The Bertz CT molecular complexity index is 90.0. The minimum atomic E-state index is 0.150. The van der Waals surface area contributed by atoms with Crippen LogP contribution in [-0.4, -0.2) is 5.25 Å². The Morgan fingerprint density at radius 2 is 2.43 bits per heavy atom. The molecule has 0 aliphatic carbocycles. The van der Waals surface area contributed by atoms with E-state index in [0.29, 0.717) is 0 Å². The van der Waals surface area contributed by atoms with Crippen LogP contribution in [0.4, 0.5) is 0 Å². The molecule has 0 spiro atoms. The molecule has 0 rings (SSSR count). The zero-order valence-electron chi connectivity index (χ0n) is 4.11. The van der Waals surface area contributed by atoms with Gasteiger partial charge in [0.1, 0.15) is 0 Å². The molecule has 0 aromatic rings. The highest BCUT2D eigenvalue weighted by Crippen LogP contribution is 1.96. The Labute approximate surface area is 54.7 Å². The highest BCUT2D eigenvalue weighted by atomic mass is 35.5. The first-order valence-electron chi connectivity index (χ1n) is 2.10. The summed E-state index contributed by atoms with van der Waals surface area (Å²) < 4.78 is 0. The van der Waals surface area contributed by atoms with Crippen LogP contribution in [0.25, 0.3) is 0 Å². The lowest BCUT2D eigenvalue weighted by atomic mass is 10.3. The lowest BCUT2D eigenvalue weighted by molar-refractivity contribution is 1.01. The van der Waals surface area contributed by atoms with Crippen LogP contribution in [0, 0.1) is 11.3 Å². The molecule has 1 unspecified atom stereocenters. The molecule has 0 bridgehead atoms. The first-order chi connectivity index (χ1) is 3.31. The average molecular weight is 135 g/mol. The molecule has 0 aromatic heterocycles. The third-order valence-corrected chi connectivity index (χ3v) is 1.21. The van der Waals surface area contributed by atoms with Crippen LogP contribution >= 0.6 is 24.2 Å². The van der Waals surface area contributed by atoms with Crippen molar-refractivity contribution in [2.75, 3.05) is 0 Å². The molecule has 40 valence electrons. The van der Waals surface area contributed by atoms with Gasteiger partial charge in [0, 0.05) is 5.38 Å². The van der Waals surface area contributed by atoms with Gasteiger partial charge in [0.2, 0.25) is 0 Å². The van der Waals surface area contributed by atoms with Crippen molar-refractivity contribution in [1.82, 2.24) is 0 Å². The van der Waals surface area contributed by atoms with Gasteiger partial charge in [-0.1, -0.05) is 12.8 Å². The third kappa shape index (κ3) is 4.04. The first-order valence-corrected chi connectivity index (χ1v) is 3.00. The summed E-state index contributed by atoms with van der Waals surface area (Å²) in [5.74, 6) is 2.67. The minimum Gasteiger partial charge on any atom is -0.163 e. The van der Waals surface area contributed by atoms with Crippen molar-refractivity contribution in [3.05, 3.63) is 0 Å². The van der Waals surface area contributed by atoms with E-state index in [4.69, 9.17) is 11.6 Å². The van der Waals surface area contributed by atoms with Crippen molar-refractivity contribution in [3.63, 3.8) is 0 Å². The maximum atomic E-state index is 5.07. The molecular weight excluding hydrogens is 128 g/mol. The number of halogens is 1. The second kappa shape index (κ2) is 4.36. The maximum Gasteiger partial charge on any atom is 0.0637 e. The van der Waals surface area contributed by atoms with Gasteiger partial charge in [-0.05, 0) is 18.0 Å². The largest absolute Gasteiger partial charge is 0.163 e. The predicted molar refractivity (Wildman–Crippen MR) is 36.7 cm³/mol. The van der Waals surface area contributed by atoms with Gasteiger partial charge in [-0.25, -0.2) is 0 Å². The molecular formula is C5H7ClS. The van der Waals surface area contributed by atoms with Crippen LogP contribution in [0.15, 0.2) is 0 Å². The smallest absolute Gasteiger partial charge is 0.0637 e. The lowest BCUT2D eigenvalue weighted by Gasteiger charge is -1.90. The number of hydrogen-bond donors (Lipinski definition) is 1. The molecule has 0 fully saturated rings. The van der Waals surface area contributed by atoms with E-state index in [0.717, 1.165) is 6.42 Å². The monoisotopic (exact) mass is 134 g/mol. The molecule has 7 heavy (non-hydrogen) atoms. The summed E-state index contributed by atoms with van der Waals surface area (Å²) in [4.78, 5) is 0. The van der Waals surface area contributed by atoms with E-state index < -0.39 is 0 Å². The molecule has 2 heteroatoms. The summed E-state index contributed by atoms with van der Waals surface area (Å²) in [6.07, 6.45) is 0.947. The molecule has 0 radical (unpaired) electrons. The van der Waals surface area contributed by atoms with E-state index in [9.17, 15) is 0 Å². The molecule has 0 N–H and O–H groups in total. The topological polar surface area (TPSA) is 0 Å².